The molecule has 5 aromatic rings. The number of hydrogen-bond donors (Lipinski definition) is 3. The van der Waals surface area contributed by atoms with Crippen LogP contribution in [0, 0.1) is 0 Å². The highest BCUT2D eigenvalue weighted by Gasteiger charge is 2.20. The zero-order valence-electron chi connectivity index (χ0n) is 17.0. The van der Waals surface area contributed by atoms with Crippen molar-refractivity contribution < 1.29 is 9.18 Å². The lowest BCUT2D eigenvalue weighted by Crippen LogP contribution is -2.21. The van der Waals surface area contributed by atoms with Crippen LogP contribution in [0.4, 0.5) is 10.1 Å². The van der Waals surface area contributed by atoms with E-state index in [1.54, 1.807) is 23.3 Å². The van der Waals surface area contributed by atoms with Gasteiger partial charge in [0, 0.05) is 28.7 Å². The van der Waals surface area contributed by atoms with E-state index in [4.69, 9.17) is 0 Å². The first-order chi connectivity index (χ1) is 14.9. The number of hydrogen-bond acceptors (Lipinski definition) is 4. The number of aromatic amines is 2. The fourth-order valence-electron chi connectivity index (χ4n) is 3.62. The zero-order chi connectivity index (χ0) is 21.6. The van der Waals surface area contributed by atoms with Gasteiger partial charge in [-0.3, -0.25) is 19.6 Å². The SMILES string of the molecule is CC(C)(F)Cn1ncc2cnc(-c3[nH]ncc3NC(=O)c3c[nH]c4ccccc34)cc21. The third kappa shape index (κ3) is 3.54. The highest BCUT2D eigenvalue weighted by molar-refractivity contribution is 6.13. The number of carbonyl (C=O) groups excluding carboxylic acids is 1. The summed E-state index contributed by atoms with van der Waals surface area (Å²) in [5.74, 6) is -0.259. The van der Waals surface area contributed by atoms with Gasteiger partial charge in [0.05, 0.1) is 41.4 Å². The first-order valence-corrected chi connectivity index (χ1v) is 9.81. The molecule has 156 valence electrons. The standard InChI is InChI=1S/C22H20FN7O/c1-22(2,23)12-30-19-7-17(24-8-13(19)9-27-30)20-18(11-26-29-20)28-21(31)15-10-25-16-6-4-3-5-14(15)16/h3-11,25H,12H2,1-2H3,(H,26,29)(H,28,31). The van der Waals surface area contributed by atoms with Gasteiger partial charge in [-0.1, -0.05) is 18.2 Å². The molecule has 5 rings (SSSR count). The monoisotopic (exact) mass is 417 g/mol. The van der Waals surface area contributed by atoms with Crippen molar-refractivity contribution in [3.05, 3.63) is 60.7 Å². The molecule has 8 nitrogen and oxygen atoms in total. The van der Waals surface area contributed by atoms with Crippen LogP contribution >= 0.6 is 0 Å². The zero-order valence-corrected chi connectivity index (χ0v) is 17.0. The van der Waals surface area contributed by atoms with Crippen LogP contribution in [0.1, 0.15) is 24.2 Å². The van der Waals surface area contributed by atoms with E-state index in [0.29, 0.717) is 22.6 Å². The van der Waals surface area contributed by atoms with Crippen molar-refractivity contribution in [3.8, 4) is 11.4 Å². The predicted octanol–water partition coefficient (Wildman–Crippen LogP) is 4.30. The van der Waals surface area contributed by atoms with Gasteiger partial charge in [-0.05, 0) is 26.0 Å². The minimum Gasteiger partial charge on any atom is -0.360 e. The van der Waals surface area contributed by atoms with Crippen molar-refractivity contribution in [3.63, 3.8) is 0 Å². The molecule has 4 aromatic heterocycles. The minimum atomic E-state index is -1.41. The van der Waals surface area contributed by atoms with Crippen LogP contribution in [0.25, 0.3) is 33.2 Å². The Labute approximate surface area is 176 Å². The van der Waals surface area contributed by atoms with E-state index in [1.807, 2.05) is 30.3 Å². The Morgan fingerprint density at radius 1 is 1.23 bits per heavy atom. The summed E-state index contributed by atoms with van der Waals surface area (Å²) in [6.45, 7) is 3.14. The lowest BCUT2D eigenvalue weighted by Gasteiger charge is -2.14. The minimum absolute atomic E-state index is 0.118. The van der Waals surface area contributed by atoms with Crippen LogP contribution in [0.3, 0.4) is 0 Å². The smallest absolute Gasteiger partial charge is 0.257 e. The van der Waals surface area contributed by atoms with E-state index in [-0.39, 0.29) is 12.5 Å². The number of nitrogens with one attached hydrogen (secondary N) is 3. The third-order valence-electron chi connectivity index (χ3n) is 5.03. The summed E-state index contributed by atoms with van der Waals surface area (Å²) in [5, 5.41) is 15.8. The summed E-state index contributed by atoms with van der Waals surface area (Å²) in [5.41, 5.74) is 2.39. The quantitative estimate of drug-likeness (QED) is 0.396. The fourth-order valence-corrected chi connectivity index (χ4v) is 3.62. The Morgan fingerprint density at radius 3 is 2.90 bits per heavy atom. The molecule has 0 radical (unpaired) electrons. The second kappa shape index (κ2) is 7.05. The number of benzene rings is 1. The molecule has 0 bridgehead atoms. The molecule has 3 N–H and O–H groups in total. The largest absolute Gasteiger partial charge is 0.360 e. The van der Waals surface area contributed by atoms with Crippen LogP contribution in [-0.2, 0) is 6.54 Å². The maximum atomic E-state index is 14.2. The van der Waals surface area contributed by atoms with Gasteiger partial charge in [0.25, 0.3) is 5.91 Å². The summed E-state index contributed by atoms with van der Waals surface area (Å²) in [7, 11) is 0. The average molecular weight is 417 g/mol. The number of aromatic nitrogens is 6. The molecule has 0 fully saturated rings. The van der Waals surface area contributed by atoms with Crippen LogP contribution in [0.5, 0.6) is 0 Å². The van der Waals surface area contributed by atoms with Gasteiger partial charge in [0.2, 0.25) is 0 Å². The fraction of sp³-hybridized carbons (Fsp3) is 0.182. The molecular formula is C22H20FN7O. The molecule has 1 amide bonds. The Balaban J connectivity index is 1.48. The van der Waals surface area contributed by atoms with Crippen molar-refractivity contribution in [2.75, 3.05) is 5.32 Å². The van der Waals surface area contributed by atoms with E-state index < -0.39 is 5.67 Å². The highest BCUT2D eigenvalue weighted by atomic mass is 19.1. The molecule has 0 unspecified atom stereocenters. The summed E-state index contributed by atoms with van der Waals surface area (Å²) < 4.78 is 15.8. The Morgan fingerprint density at radius 2 is 2.06 bits per heavy atom. The normalized spacial score (nSPS) is 12.0. The van der Waals surface area contributed by atoms with Crippen LogP contribution < -0.4 is 5.32 Å². The van der Waals surface area contributed by atoms with Crippen LogP contribution in [0.2, 0.25) is 0 Å². The molecule has 0 saturated heterocycles. The van der Waals surface area contributed by atoms with Gasteiger partial charge in [-0.25, -0.2) is 4.39 Å². The van der Waals surface area contributed by atoms with Gasteiger partial charge in [0.15, 0.2) is 0 Å². The number of amides is 1. The van der Waals surface area contributed by atoms with Crippen LogP contribution in [-0.4, -0.2) is 41.5 Å². The van der Waals surface area contributed by atoms with Crippen molar-refractivity contribution in [2.24, 2.45) is 0 Å². The molecule has 4 heterocycles. The number of halogens is 1. The number of H-pyrrole nitrogens is 2. The number of rotatable bonds is 5. The molecule has 31 heavy (non-hydrogen) atoms. The Hall–Kier alpha value is -4.01. The number of alkyl halides is 1. The van der Waals surface area contributed by atoms with Gasteiger partial charge in [-0.2, -0.15) is 10.2 Å². The van der Waals surface area contributed by atoms with Crippen molar-refractivity contribution >= 4 is 33.4 Å². The van der Waals surface area contributed by atoms with Gasteiger partial charge in [-0.15, -0.1) is 0 Å². The lowest BCUT2D eigenvalue weighted by molar-refractivity contribution is 0.102. The molecule has 0 spiro atoms. The van der Waals surface area contributed by atoms with E-state index in [0.717, 1.165) is 21.8 Å². The first-order valence-electron chi connectivity index (χ1n) is 9.81. The summed E-state index contributed by atoms with van der Waals surface area (Å²) in [4.78, 5) is 20.5. The van der Waals surface area contributed by atoms with Crippen molar-refractivity contribution in [1.82, 2.24) is 29.9 Å². The number of fused-ring (bicyclic) bond motifs is 2. The van der Waals surface area contributed by atoms with Crippen molar-refractivity contribution in [2.45, 2.75) is 26.1 Å². The summed E-state index contributed by atoms with van der Waals surface area (Å²) in [6, 6.07) is 9.40. The molecule has 0 saturated carbocycles. The Bertz CT molecular complexity index is 1410. The van der Waals surface area contributed by atoms with Crippen molar-refractivity contribution in [1.29, 1.82) is 0 Å². The van der Waals surface area contributed by atoms with E-state index in [2.05, 4.69) is 30.6 Å². The topological polar surface area (TPSA) is 104 Å². The van der Waals surface area contributed by atoms with Gasteiger partial charge in [0.1, 0.15) is 11.4 Å². The third-order valence-corrected chi connectivity index (χ3v) is 5.03. The molecule has 0 atom stereocenters. The van der Waals surface area contributed by atoms with Gasteiger partial charge >= 0.3 is 0 Å². The molecule has 9 heteroatoms. The molecular weight excluding hydrogens is 397 g/mol. The molecule has 1 aromatic carbocycles. The van der Waals surface area contributed by atoms with Crippen LogP contribution in [0.15, 0.2) is 55.1 Å². The maximum absolute atomic E-state index is 14.2. The molecule has 0 aliphatic carbocycles. The average Bonchev–Trinajstić information content (AvgIpc) is 3.45. The van der Waals surface area contributed by atoms with Gasteiger partial charge < -0.3 is 10.3 Å². The number of para-hydroxylation sites is 1. The molecule has 0 aliphatic rings. The highest BCUT2D eigenvalue weighted by Crippen LogP contribution is 2.28. The summed E-state index contributed by atoms with van der Waals surface area (Å²) in [6.07, 6.45) is 6.55. The summed E-state index contributed by atoms with van der Waals surface area (Å²) >= 11 is 0. The van der Waals surface area contributed by atoms with E-state index >= 15 is 0 Å². The Kier molecular flexibility index (Phi) is 4.32. The lowest BCUT2D eigenvalue weighted by atomic mass is 10.1. The number of nitrogens with zero attached hydrogens (tertiary/aromatic N) is 4. The second-order valence-corrected chi connectivity index (χ2v) is 8.01. The number of carbonyl (C=O) groups is 1. The van der Waals surface area contributed by atoms with E-state index in [1.165, 1.54) is 20.0 Å². The number of anilines is 1. The first kappa shape index (κ1) is 19.0. The molecule has 0 aliphatic heterocycles. The second-order valence-electron chi connectivity index (χ2n) is 8.01. The number of pyridine rings is 1. The van der Waals surface area contributed by atoms with E-state index in [9.17, 15) is 9.18 Å². The predicted molar refractivity (Wildman–Crippen MR) is 117 cm³/mol. The maximum Gasteiger partial charge on any atom is 0.257 e.